The Morgan fingerprint density at radius 2 is 2.25 bits per heavy atom. The van der Waals surface area contributed by atoms with Crippen molar-refractivity contribution in [1.82, 2.24) is 4.72 Å². The van der Waals surface area contributed by atoms with E-state index in [9.17, 15) is 4.57 Å². The van der Waals surface area contributed by atoms with Crippen molar-refractivity contribution in [3.8, 4) is 0 Å². The lowest BCUT2D eigenvalue weighted by atomic mass is 10.4. The van der Waals surface area contributed by atoms with Gasteiger partial charge < -0.3 is 9.42 Å². The van der Waals surface area contributed by atoms with E-state index in [0.29, 0.717) is 13.2 Å². The molecule has 0 aliphatic rings. The van der Waals surface area contributed by atoms with Gasteiger partial charge in [-0.05, 0) is 6.42 Å². The lowest BCUT2D eigenvalue weighted by Crippen LogP contribution is -2.01. The normalized spacial score (nSPS) is 15.9. The zero-order valence-electron chi connectivity index (χ0n) is 7.45. The minimum absolute atomic E-state index is 0.350. The monoisotopic (exact) mass is 213 g/mol. The van der Waals surface area contributed by atoms with Crippen LogP contribution in [0.2, 0.25) is 0 Å². The average molecular weight is 213 g/mol. The summed E-state index contributed by atoms with van der Waals surface area (Å²) in [6.07, 6.45) is 1.78. The predicted octanol–water partition coefficient (Wildman–Crippen LogP) is 2.16. The molecule has 0 aromatic rings. The van der Waals surface area contributed by atoms with Gasteiger partial charge in [0.15, 0.2) is 0 Å². The van der Waals surface area contributed by atoms with Crippen LogP contribution in [0.1, 0.15) is 26.7 Å². The van der Waals surface area contributed by atoms with Gasteiger partial charge in [-0.15, -0.1) is 0 Å². The molecule has 0 spiro atoms. The van der Waals surface area contributed by atoms with E-state index < -0.39 is 6.80 Å². The van der Waals surface area contributed by atoms with Gasteiger partial charge in [-0.25, -0.2) is 4.57 Å². The zero-order valence-corrected chi connectivity index (χ0v) is 9.16. The van der Waals surface area contributed by atoms with Gasteiger partial charge in [0, 0.05) is 18.1 Å². The Hall–Kier alpha value is 0.460. The van der Waals surface area contributed by atoms with E-state index >= 15 is 0 Å². The maximum atomic E-state index is 11.1. The fraction of sp³-hybridized carbons (Fsp3) is 1.00. The van der Waals surface area contributed by atoms with Crippen molar-refractivity contribution in [1.29, 1.82) is 0 Å². The Kier molecular flexibility index (Phi) is 7.19. The molecule has 1 atom stereocenters. The van der Waals surface area contributed by atoms with Crippen molar-refractivity contribution in [2.24, 2.45) is 0 Å². The first-order valence-electron chi connectivity index (χ1n) is 4.01. The number of nitrogens with one attached hydrogen (secondary N) is 1. The summed E-state index contributed by atoms with van der Waals surface area (Å²) >= 11 is 0.768. The summed E-state index contributed by atoms with van der Waals surface area (Å²) in [5.74, 6) is 0. The number of hydrogen-bond acceptors (Lipinski definition) is 4. The molecule has 74 valence electrons. The molecule has 0 aromatic heterocycles. The van der Waals surface area contributed by atoms with E-state index in [0.717, 1.165) is 24.4 Å². The van der Waals surface area contributed by atoms with Crippen LogP contribution in [0.4, 0.5) is 0 Å². The van der Waals surface area contributed by atoms with Crippen molar-refractivity contribution in [2.45, 2.75) is 26.7 Å². The van der Waals surface area contributed by atoms with Crippen LogP contribution in [0.5, 0.6) is 0 Å². The minimum atomic E-state index is -3.43. The maximum absolute atomic E-state index is 11.1. The fourth-order valence-corrected chi connectivity index (χ4v) is 2.46. The van der Waals surface area contributed by atoms with Gasteiger partial charge in [-0.1, -0.05) is 20.3 Å². The molecule has 0 fully saturated rings. The molecule has 1 unspecified atom stereocenters. The third-order valence-electron chi connectivity index (χ3n) is 1.08. The summed E-state index contributed by atoms with van der Waals surface area (Å²) in [7, 11) is 0. The van der Waals surface area contributed by atoms with Crippen LogP contribution in [0, 0.1) is 0 Å². The second kappa shape index (κ2) is 6.92. The second-order valence-corrected chi connectivity index (χ2v) is 5.84. The Balaban J connectivity index is 3.49. The molecular weight excluding hydrogens is 197 g/mol. The Bertz CT molecular complexity index is 156. The fourth-order valence-electron chi connectivity index (χ4n) is 0.497. The van der Waals surface area contributed by atoms with Gasteiger partial charge >= 0.3 is 6.80 Å². The first kappa shape index (κ1) is 12.5. The topological polar surface area (TPSA) is 58.6 Å². The molecule has 0 aliphatic carbocycles. The molecule has 0 bridgehead atoms. The molecule has 0 saturated heterocycles. The lowest BCUT2D eigenvalue weighted by Gasteiger charge is -2.09. The van der Waals surface area contributed by atoms with Gasteiger partial charge in [0.1, 0.15) is 0 Å². The average Bonchev–Trinajstić information content (AvgIpc) is 2.01. The SMILES string of the molecule is CCCCOP(=O)(O)SNCC. The molecule has 4 nitrogen and oxygen atoms in total. The standard InChI is InChI=1S/C6H16NO3PS/c1-3-5-6-10-11(8,9)12-7-4-2/h7H,3-6H2,1-2H3,(H,8,9). The molecule has 0 rings (SSSR count). The van der Waals surface area contributed by atoms with E-state index in [2.05, 4.69) is 4.72 Å². The highest BCUT2D eigenvalue weighted by Gasteiger charge is 2.19. The Labute approximate surface area is 77.5 Å². The molecule has 6 heteroatoms. The third-order valence-corrected chi connectivity index (χ3v) is 3.63. The molecule has 0 heterocycles. The second-order valence-electron chi connectivity index (χ2n) is 2.24. The van der Waals surface area contributed by atoms with Gasteiger partial charge in [0.2, 0.25) is 0 Å². The van der Waals surface area contributed by atoms with Gasteiger partial charge in [0.05, 0.1) is 6.61 Å². The predicted molar refractivity (Wildman–Crippen MR) is 52.0 cm³/mol. The van der Waals surface area contributed by atoms with Crippen molar-refractivity contribution < 1.29 is 14.0 Å². The molecule has 0 radical (unpaired) electrons. The van der Waals surface area contributed by atoms with Crippen molar-refractivity contribution in [3.05, 3.63) is 0 Å². The van der Waals surface area contributed by atoms with E-state index in [1.165, 1.54) is 0 Å². The highest BCUT2D eigenvalue weighted by atomic mass is 32.7. The summed E-state index contributed by atoms with van der Waals surface area (Å²) in [6, 6.07) is 0. The Morgan fingerprint density at radius 3 is 2.75 bits per heavy atom. The largest absolute Gasteiger partial charge is 0.401 e. The molecule has 0 aliphatic heterocycles. The lowest BCUT2D eigenvalue weighted by molar-refractivity contribution is 0.270. The first-order valence-corrected chi connectivity index (χ1v) is 7.01. The van der Waals surface area contributed by atoms with E-state index in [-0.39, 0.29) is 0 Å². The Morgan fingerprint density at radius 1 is 1.58 bits per heavy atom. The smallest absolute Gasteiger partial charge is 0.316 e. The van der Waals surface area contributed by atoms with Crippen LogP contribution >= 0.6 is 18.4 Å². The van der Waals surface area contributed by atoms with Crippen molar-refractivity contribution >= 4 is 18.4 Å². The quantitative estimate of drug-likeness (QED) is 0.385. The van der Waals surface area contributed by atoms with Crippen LogP contribution in [-0.2, 0) is 9.09 Å². The first-order chi connectivity index (χ1) is 5.62. The number of rotatable bonds is 7. The van der Waals surface area contributed by atoms with Crippen LogP contribution in [-0.4, -0.2) is 18.0 Å². The van der Waals surface area contributed by atoms with Crippen LogP contribution in [0.25, 0.3) is 0 Å². The molecule has 0 aromatic carbocycles. The van der Waals surface area contributed by atoms with E-state index in [1.54, 1.807) is 0 Å². The summed E-state index contributed by atoms with van der Waals surface area (Å²) < 4.78 is 18.6. The summed E-state index contributed by atoms with van der Waals surface area (Å²) in [5.41, 5.74) is 0. The van der Waals surface area contributed by atoms with Crippen LogP contribution < -0.4 is 4.72 Å². The number of hydrogen-bond donors (Lipinski definition) is 2. The third kappa shape index (κ3) is 7.13. The highest BCUT2D eigenvalue weighted by Crippen LogP contribution is 2.53. The van der Waals surface area contributed by atoms with E-state index in [4.69, 9.17) is 9.42 Å². The van der Waals surface area contributed by atoms with Crippen molar-refractivity contribution in [3.63, 3.8) is 0 Å². The zero-order chi connectivity index (χ0) is 9.45. The summed E-state index contributed by atoms with van der Waals surface area (Å²) in [4.78, 5) is 9.11. The molecule has 0 saturated carbocycles. The molecule has 12 heavy (non-hydrogen) atoms. The molecule has 0 amide bonds. The summed E-state index contributed by atoms with van der Waals surface area (Å²) in [5, 5.41) is 0. The molecule has 2 N–H and O–H groups in total. The van der Waals surface area contributed by atoms with Crippen LogP contribution in [0.3, 0.4) is 0 Å². The number of unbranched alkanes of at least 4 members (excludes halogenated alkanes) is 1. The maximum Gasteiger partial charge on any atom is 0.401 e. The van der Waals surface area contributed by atoms with Crippen LogP contribution in [0.15, 0.2) is 0 Å². The van der Waals surface area contributed by atoms with Crippen molar-refractivity contribution in [2.75, 3.05) is 13.2 Å². The van der Waals surface area contributed by atoms with E-state index in [1.807, 2.05) is 13.8 Å². The van der Waals surface area contributed by atoms with Gasteiger partial charge in [-0.3, -0.25) is 4.72 Å². The summed E-state index contributed by atoms with van der Waals surface area (Å²) in [6.45, 7) is 1.43. The molecular formula is C6H16NO3PS. The van der Waals surface area contributed by atoms with Gasteiger partial charge in [-0.2, -0.15) is 0 Å². The highest BCUT2D eigenvalue weighted by molar-refractivity contribution is 8.53. The van der Waals surface area contributed by atoms with Gasteiger partial charge in [0.25, 0.3) is 0 Å². The minimum Gasteiger partial charge on any atom is -0.316 e.